The van der Waals surface area contributed by atoms with Crippen molar-refractivity contribution in [3.63, 3.8) is 0 Å². The normalized spacial score (nSPS) is 10.3. The van der Waals surface area contributed by atoms with E-state index in [-0.39, 0.29) is 0 Å². The van der Waals surface area contributed by atoms with Crippen LogP contribution in [0.5, 0.6) is 0 Å². The number of anilines is 1. The Morgan fingerprint density at radius 3 is 2.92 bits per heavy atom. The number of para-hydroxylation sites is 1. The number of nitrogens with one attached hydrogen (secondary N) is 1. The van der Waals surface area contributed by atoms with Gasteiger partial charge < -0.3 is 10.1 Å². The van der Waals surface area contributed by atoms with Gasteiger partial charge in [0.2, 0.25) is 0 Å². The smallest absolute Gasteiger partial charge is 0.137 e. The molecule has 0 amide bonds. The van der Waals surface area contributed by atoms with Gasteiger partial charge in [0.05, 0.1) is 12.1 Å². The summed E-state index contributed by atoms with van der Waals surface area (Å²) in [4.78, 5) is 8.57. The van der Waals surface area contributed by atoms with Crippen molar-refractivity contribution < 1.29 is 4.74 Å². The molecular formula is C20H18ClN3O. The van der Waals surface area contributed by atoms with Crippen molar-refractivity contribution in [1.29, 1.82) is 0 Å². The van der Waals surface area contributed by atoms with Gasteiger partial charge in [-0.05, 0) is 29.8 Å². The van der Waals surface area contributed by atoms with E-state index in [2.05, 4.69) is 27.1 Å². The maximum Gasteiger partial charge on any atom is 0.137 e. The summed E-state index contributed by atoms with van der Waals surface area (Å²) in [5, 5.41) is 5.01. The van der Waals surface area contributed by atoms with E-state index >= 15 is 0 Å². The van der Waals surface area contributed by atoms with E-state index in [0.29, 0.717) is 24.6 Å². The first kappa shape index (κ1) is 17.2. The molecule has 126 valence electrons. The average molecular weight is 352 g/mol. The molecule has 0 spiro atoms. The third-order valence-corrected chi connectivity index (χ3v) is 3.92. The third-order valence-electron chi connectivity index (χ3n) is 3.68. The maximum atomic E-state index is 6.06. The van der Waals surface area contributed by atoms with Crippen molar-refractivity contribution in [2.75, 3.05) is 19.0 Å². The minimum absolute atomic E-state index is 0.520. The number of rotatable bonds is 5. The van der Waals surface area contributed by atoms with E-state index in [9.17, 15) is 0 Å². The molecule has 0 unspecified atom stereocenters. The Balaban J connectivity index is 1.64. The Morgan fingerprint density at radius 1 is 1.16 bits per heavy atom. The highest BCUT2D eigenvalue weighted by molar-refractivity contribution is 6.30. The average Bonchev–Trinajstić information content (AvgIpc) is 2.64. The zero-order valence-corrected chi connectivity index (χ0v) is 14.7. The largest absolute Gasteiger partial charge is 0.380 e. The zero-order valence-electron chi connectivity index (χ0n) is 13.9. The number of aromatic nitrogens is 2. The van der Waals surface area contributed by atoms with Crippen molar-refractivity contribution >= 4 is 28.3 Å². The van der Waals surface area contributed by atoms with Crippen LogP contribution in [0.2, 0.25) is 5.02 Å². The fourth-order valence-electron chi connectivity index (χ4n) is 2.49. The first-order chi connectivity index (χ1) is 12.3. The van der Waals surface area contributed by atoms with Crippen molar-refractivity contribution in [2.24, 2.45) is 0 Å². The fraction of sp³-hybridized carbons (Fsp3) is 0.200. The summed E-state index contributed by atoms with van der Waals surface area (Å²) in [6, 6.07) is 13.6. The Bertz CT molecular complexity index is 926. The van der Waals surface area contributed by atoms with Gasteiger partial charge in [-0.3, -0.25) is 0 Å². The number of nitrogens with zero attached hydrogens (tertiary/aromatic N) is 2. The minimum Gasteiger partial charge on any atom is -0.380 e. The summed E-state index contributed by atoms with van der Waals surface area (Å²) >= 11 is 6.06. The fourth-order valence-corrected chi connectivity index (χ4v) is 2.67. The van der Waals surface area contributed by atoms with E-state index in [1.54, 1.807) is 13.4 Å². The predicted octanol–water partition coefficient (Wildman–Crippen LogP) is 4.28. The second-order valence-corrected chi connectivity index (χ2v) is 5.89. The topological polar surface area (TPSA) is 47.0 Å². The second kappa shape index (κ2) is 8.48. The van der Waals surface area contributed by atoms with E-state index in [1.165, 1.54) is 0 Å². The van der Waals surface area contributed by atoms with E-state index in [4.69, 9.17) is 16.3 Å². The summed E-state index contributed by atoms with van der Waals surface area (Å²) in [5.41, 5.74) is 2.87. The van der Waals surface area contributed by atoms with Gasteiger partial charge in [-0.2, -0.15) is 0 Å². The molecular weight excluding hydrogens is 334 g/mol. The molecule has 0 radical (unpaired) electrons. The van der Waals surface area contributed by atoms with Gasteiger partial charge in [0.25, 0.3) is 0 Å². The van der Waals surface area contributed by atoms with Gasteiger partial charge in [-0.15, -0.1) is 0 Å². The number of hydrogen-bond acceptors (Lipinski definition) is 4. The van der Waals surface area contributed by atoms with Crippen LogP contribution >= 0.6 is 11.6 Å². The summed E-state index contributed by atoms with van der Waals surface area (Å²) in [7, 11) is 1.67. The second-order valence-electron chi connectivity index (χ2n) is 5.45. The number of hydrogen-bond donors (Lipinski definition) is 1. The van der Waals surface area contributed by atoms with Gasteiger partial charge in [0.1, 0.15) is 12.1 Å². The molecule has 0 saturated heterocycles. The quantitative estimate of drug-likeness (QED) is 0.550. The molecule has 0 saturated carbocycles. The Morgan fingerprint density at radius 2 is 2.04 bits per heavy atom. The lowest BCUT2D eigenvalue weighted by Gasteiger charge is -2.06. The molecule has 3 rings (SSSR count). The van der Waals surface area contributed by atoms with Crippen LogP contribution in [-0.2, 0) is 11.3 Å². The molecule has 25 heavy (non-hydrogen) atoms. The highest BCUT2D eigenvalue weighted by Gasteiger charge is 2.02. The first-order valence-corrected chi connectivity index (χ1v) is 8.35. The molecule has 0 bridgehead atoms. The van der Waals surface area contributed by atoms with Crippen LogP contribution in [0.4, 0.5) is 5.82 Å². The SMILES string of the molecule is COCc1ccc(Cl)cc1C#CCCNc1ncnc2ccccc12. The first-order valence-electron chi connectivity index (χ1n) is 7.98. The molecule has 1 heterocycles. The van der Waals surface area contributed by atoms with Crippen molar-refractivity contribution in [1.82, 2.24) is 9.97 Å². The van der Waals surface area contributed by atoms with Crippen LogP contribution in [0, 0.1) is 11.8 Å². The molecule has 0 fully saturated rings. The molecule has 0 aliphatic heterocycles. The van der Waals surface area contributed by atoms with E-state index in [0.717, 1.165) is 27.8 Å². The van der Waals surface area contributed by atoms with Crippen LogP contribution in [0.25, 0.3) is 10.9 Å². The molecule has 3 aromatic rings. The molecule has 1 N–H and O–H groups in total. The van der Waals surface area contributed by atoms with Gasteiger partial charge in [0.15, 0.2) is 0 Å². The lowest BCUT2D eigenvalue weighted by atomic mass is 10.1. The lowest BCUT2D eigenvalue weighted by Crippen LogP contribution is -2.03. The predicted molar refractivity (Wildman–Crippen MR) is 102 cm³/mol. The molecule has 0 atom stereocenters. The summed E-state index contributed by atoms with van der Waals surface area (Å²) < 4.78 is 5.20. The minimum atomic E-state index is 0.520. The van der Waals surface area contributed by atoms with Crippen LogP contribution in [0.1, 0.15) is 17.5 Å². The summed E-state index contributed by atoms with van der Waals surface area (Å²) in [6.07, 6.45) is 2.26. The monoisotopic (exact) mass is 351 g/mol. The molecule has 4 nitrogen and oxygen atoms in total. The Hall–Kier alpha value is -2.61. The lowest BCUT2D eigenvalue weighted by molar-refractivity contribution is 0.184. The van der Waals surface area contributed by atoms with Gasteiger partial charge in [-0.25, -0.2) is 9.97 Å². The van der Waals surface area contributed by atoms with Crippen molar-refractivity contribution in [2.45, 2.75) is 13.0 Å². The third kappa shape index (κ3) is 4.48. The Labute approximate surface area is 152 Å². The number of fused-ring (bicyclic) bond motifs is 1. The highest BCUT2D eigenvalue weighted by atomic mass is 35.5. The standard InChI is InChI=1S/C20H18ClN3O/c1-25-13-16-9-10-17(21)12-15(16)6-4-5-11-22-20-18-7-2-3-8-19(18)23-14-24-20/h2-3,7-10,12,14H,5,11,13H2,1H3,(H,22,23,24). The van der Waals surface area contributed by atoms with Gasteiger partial charge >= 0.3 is 0 Å². The summed E-state index contributed by atoms with van der Waals surface area (Å²) in [5.74, 6) is 7.18. The molecule has 1 aromatic heterocycles. The Kier molecular flexibility index (Phi) is 5.84. The molecule has 0 aliphatic carbocycles. The molecule has 0 aliphatic rings. The van der Waals surface area contributed by atoms with Crippen molar-refractivity contribution in [3.8, 4) is 11.8 Å². The highest BCUT2D eigenvalue weighted by Crippen LogP contribution is 2.18. The zero-order chi connectivity index (χ0) is 17.5. The van der Waals surface area contributed by atoms with Crippen LogP contribution in [0.3, 0.4) is 0 Å². The number of ether oxygens (including phenoxy) is 1. The van der Waals surface area contributed by atoms with Crippen LogP contribution < -0.4 is 5.32 Å². The number of methoxy groups -OCH3 is 1. The van der Waals surface area contributed by atoms with E-state index in [1.807, 2.05) is 42.5 Å². The van der Waals surface area contributed by atoms with Gasteiger partial charge in [0, 0.05) is 36.0 Å². The number of benzene rings is 2. The molecule has 2 aromatic carbocycles. The maximum absolute atomic E-state index is 6.06. The van der Waals surface area contributed by atoms with Gasteiger partial charge in [-0.1, -0.05) is 41.6 Å². The van der Waals surface area contributed by atoms with Crippen molar-refractivity contribution in [3.05, 3.63) is 64.9 Å². The van der Waals surface area contributed by atoms with Crippen LogP contribution in [-0.4, -0.2) is 23.6 Å². The number of halogens is 1. The summed E-state index contributed by atoms with van der Waals surface area (Å²) in [6.45, 7) is 1.22. The van der Waals surface area contributed by atoms with E-state index < -0.39 is 0 Å². The van der Waals surface area contributed by atoms with Crippen LogP contribution in [0.15, 0.2) is 48.8 Å². The molecule has 5 heteroatoms.